The molecule has 5 nitrogen and oxygen atoms in total. The number of nitrogens with zero attached hydrogens (tertiary/aromatic N) is 1. The molecule has 2 heterocycles. The number of H-pyrrole nitrogens is 1. The smallest absolute Gasteiger partial charge is 0.280 e. The zero-order valence-corrected chi connectivity index (χ0v) is 14.5. The van der Waals surface area contributed by atoms with Crippen molar-refractivity contribution in [3.05, 3.63) is 70.8 Å². The third-order valence-electron chi connectivity index (χ3n) is 4.42. The van der Waals surface area contributed by atoms with Crippen molar-refractivity contribution in [3.8, 4) is 22.9 Å². The molecule has 0 spiro atoms. The Morgan fingerprint density at radius 1 is 1.00 bits per heavy atom. The summed E-state index contributed by atoms with van der Waals surface area (Å²) in [7, 11) is 0. The Kier molecular flexibility index (Phi) is 3.84. The average molecular weight is 346 g/mol. The van der Waals surface area contributed by atoms with Crippen molar-refractivity contribution in [2.45, 2.75) is 13.8 Å². The average Bonchev–Trinajstić information content (AvgIpc) is 3.16. The minimum Gasteiger partial charge on any atom is -0.494 e. The maximum Gasteiger partial charge on any atom is 0.280 e. The first kappa shape index (κ1) is 16.1. The number of rotatable bonds is 4. The number of benzene rings is 2. The molecule has 0 saturated carbocycles. The molecule has 1 aliphatic heterocycles. The number of nitrogens with one attached hydrogen (secondary N) is 1. The zero-order chi connectivity index (χ0) is 18.3. The Hall–Kier alpha value is -3.34. The Morgan fingerprint density at radius 3 is 2.31 bits per heavy atom. The van der Waals surface area contributed by atoms with E-state index in [1.54, 1.807) is 0 Å². The number of hydrogen-bond donors (Lipinski definition) is 2. The van der Waals surface area contributed by atoms with Crippen LogP contribution in [-0.2, 0) is 0 Å². The maximum atomic E-state index is 12.5. The summed E-state index contributed by atoms with van der Waals surface area (Å²) in [6.07, 6.45) is 0. The van der Waals surface area contributed by atoms with Gasteiger partial charge in [-0.1, -0.05) is 29.8 Å². The van der Waals surface area contributed by atoms with E-state index in [-0.39, 0.29) is 11.8 Å². The van der Waals surface area contributed by atoms with Crippen LogP contribution in [0.15, 0.2) is 53.5 Å². The summed E-state index contributed by atoms with van der Waals surface area (Å²) in [4.78, 5) is 19.7. The molecule has 0 unspecified atom stereocenters. The molecule has 1 amide bonds. The van der Waals surface area contributed by atoms with Crippen LogP contribution in [0, 0.1) is 6.92 Å². The lowest BCUT2D eigenvalue weighted by Crippen LogP contribution is -1.99. The lowest BCUT2D eigenvalue weighted by atomic mass is 9.99. The number of fused-ring (bicyclic) bond motifs is 1. The molecule has 0 fully saturated rings. The second-order valence-corrected chi connectivity index (χ2v) is 6.19. The zero-order valence-electron chi connectivity index (χ0n) is 14.5. The molecule has 26 heavy (non-hydrogen) atoms. The van der Waals surface area contributed by atoms with Gasteiger partial charge in [0.15, 0.2) is 5.88 Å². The second kappa shape index (κ2) is 6.19. The van der Waals surface area contributed by atoms with Crippen molar-refractivity contribution in [2.75, 3.05) is 6.61 Å². The number of aromatic hydroxyl groups is 1. The van der Waals surface area contributed by atoms with Gasteiger partial charge in [-0.2, -0.15) is 0 Å². The first-order chi connectivity index (χ1) is 12.6. The van der Waals surface area contributed by atoms with Crippen molar-refractivity contribution >= 4 is 11.6 Å². The molecule has 2 aromatic carbocycles. The lowest BCUT2D eigenvalue weighted by Gasteiger charge is -2.04. The van der Waals surface area contributed by atoms with Crippen molar-refractivity contribution in [1.82, 2.24) is 4.98 Å². The highest BCUT2D eigenvalue weighted by Crippen LogP contribution is 2.38. The summed E-state index contributed by atoms with van der Waals surface area (Å²) in [6, 6.07) is 15.1. The van der Waals surface area contributed by atoms with Crippen molar-refractivity contribution in [3.63, 3.8) is 0 Å². The van der Waals surface area contributed by atoms with Gasteiger partial charge >= 0.3 is 0 Å². The third kappa shape index (κ3) is 2.58. The van der Waals surface area contributed by atoms with E-state index in [9.17, 15) is 9.90 Å². The highest BCUT2D eigenvalue weighted by atomic mass is 16.5. The molecule has 2 N–H and O–H groups in total. The number of aliphatic imine (C=N–C) groups is 1. The Labute approximate surface area is 151 Å². The van der Waals surface area contributed by atoms with E-state index >= 15 is 0 Å². The first-order valence-electron chi connectivity index (χ1n) is 8.47. The van der Waals surface area contributed by atoms with Crippen molar-refractivity contribution in [2.24, 2.45) is 4.99 Å². The van der Waals surface area contributed by atoms with Gasteiger partial charge in [0.2, 0.25) is 0 Å². The Bertz CT molecular complexity index is 1010. The Morgan fingerprint density at radius 2 is 1.65 bits per heavy atom. The standard InChI is InChI=1S/C21H18N2O3/c1-3-26-15-10-8-14(9-11-15)19-17-16(20(24)23-19)18(22-21(17)25)13-6-4-12(2)5-7-13/h4-11,23-24H,3H2,1-2H3. The van der Waals surface area contributed by atoms with Crippen LogP contribution in [0.4, 0.5) is 0 Å². The number of carbonyl (C=O) groups is 1. The SMILES string of the molecule is CCOc1ccc(-c2[nH]c(O)c3c2C(=O)N=C3c2ccc(C)cc2)cc1. The molecule has 0 radical (unpaired) electrons. The molecular formula is C21H18N2O3. The molecule has 3 aromatic rings. The lowest BCUT2D eigenvalue weighted by molar-refractivity contribution is 0.101. The molecule has 5 heteroatoms. The fraction of sp³-hybridized carbons (Fsp3) is 0.143. The van der Waals surface area contributed by atoms with E-state index < -0.39 is 0 Å². The summed E-state index contributed by atoms with van der Waals surface area (Å²) >= 11 is 0. The fourth-order valence-electron chi connectivity index (χ4n) is 3.17. The van der Waals surface area contributed by atoms with Crippen molar-refractivity contribution in [1.29, 1.82) is 0 Å². The van der Waals surface area contributed by atoms with E-state index in [2.05, 4.69) is 9.98 Å². The van der Waals surface area contributed by atoms with Crippen LogP contribution in [-0.4, -0.2) is 28.3 Å². The summed E-state index contributed by atoms with van der Waals surface area (Å²) in [5.41, 5.74) is 4.64. The normalized spacial score (nSPS) is 12.8. The largest absolute Gasteiger partial charge is 0.494 e. The number of aromatic amines is 1. The molecule has 1 aliphatic rings. The summed E-state index contributed by atoms with van der Waals surface area (Å²) in [5, 5.41) is 10.4. The van der Waals surface area contributed by atoms with Gasteiger partial charge < -0.3 is 14.8 Å². The molecule has 1 aromatic heterocycles. The highest BCUT2D eigenvalue weighted by Gasteiger charge is 2.33. The van der Waals surface area contributed by atoms with E-state index in [0.29, 0.717) is 29.1 Å². The van der Waals surface area contributed by atoms with E-state index in [1.165, 1.54) is 0 Å². The number of carbonyl (C=O) groups excluding carboxylic acids is 1. The molecule has 0 saturated heterocycles. The molecule has 0 bridgehead atoms. The summed E-state index contributed by atoms with van der Waals surface area (Å²) in [5.74, 6) is 0.358. The Balaban J connectivity index is 1.78. The van der Waals surface area contributed by atoms with Gasteiger partial charge in [0.25, 0.3) is 5.91 Å². The number of aromatic nitrogens is 1. The minimum absolute atomic E-state index is 0.0472. The fourth-order valence-corrected chi connectivity index (χ4v) is 3.17. The van der Waals surface area contributed by atoms with Gasteiger partial charge in [0, 0.05) is 5.56 Å². The van der Waals surface area contributed by atoms with E-state index in [0.717, 1.165) is 22.4 Å². The predicted molar refractivity (Wildman–Crippen MR) is 100 cm³/mol. The number of ether oxygens (including phenoxy) is 1. The summed E-state index contributed by atoms with van der Waals surface area (Å²) in [6.45, 7) is 4.51. The second-order valence-electron chi connectivity index (χ2n) is 6.19. The first-order valence-corrected chi connectivity index (χ1v) is 8.47. The highest BCUT2D eigenvalue weighted by molar-refractivity contribution is 6.30. The van der Waals surface area contributed by atoms with Crippen LogP contribution in [0.25, 0.3) is 11.3 Å². The van der Waals surface area contributed by atoms with Crippen LogP contribution in [0.3, 0.4) is 0 Å². The van der Waals surface area contributed by atoms with Crippen LogP contribution in [0.1, 0.15) is 34.0 Å². The number of aryl methyl sites for hydroxylation is 1. The third-order valence-corrected chi connectivity index (χ3v) is 4.42. The van der Waals surface area contributed by atoms with E-state index in [4.69, 9.17) is 4.74 Å². The van der Waals surface area contributed by atoms with Gasteiger partial charge in [-0.25, -0.2) is 4.99 Å². The van der Waals surface area contributed by atoms with Gasteiger partial charge in [-0.05, 0) is 43.7 Å². The van der Waals surface area contributed by atoms with Gasteiger partial charge in [0.1, 0.15) is 5.75 Å². The number of hydrogen-bond acceptors (Lipinski definition) is 3. The maximum absolute atomic E-state index is 12.5. The van der Waals surface area contributed by atoms with Crippen LogP contribution < -0.4 is 4.74 Å². The molecular weight excluding hydrogens is 328 g/mol. The predicted octanol–water partition coefficient (Wildman–Crippen LogP) is 4.09. The van der Waals surface area contributed by atoms with Crippen molar-refractivity contribution < 1.29 is 14.6 Å². The quantitative estimate of drug-likeness (QED) is 0.747. The monoisotopic (exact) mass is 346 g/mol. The molecule has 0 aliphatic carbocycles. The van der Waals surface area contributed by atoms with Gasteiger partial charge in [0.05, 0.1) is 29.1 Å². The number of amides is 1. The van der Waals surface area contributed by atoms with Crippen LogP contribution in [0.2, 0.25) is 0 Å². The van der Waals surface area contributed by atoms with Crippen LogP contribution in [0.5, 0.6) is 11.6 Å². The molecule has 130 valence electrons. The van der Waals surface area contributed by atoms with Gasteiger partial charge in [-0.15, -0.1) is 0 Å². The van der Waals surface area contributed by atoms with E-state index in [1.807, 2.05) is 62.4 Å². The van der Waals surface area contributed by atoms with Crippen LogP contribution >= 0.6 is 0 Å². The topological polar surface area (TPSA) is 74.7 Å². The molecule has 4 rings (SSSR count). The summed E-state index contributed by atoms with van der Waals surface area (Å²) < 4.78 is 5.45. The minimum atomic E-state index is -0.351. The van der Waals surface area contributed by atoms with Gasteiger partial charge in [-0.3, -0.25) is 4.79 Å². The molecule has 0 atom stereocenters.